The van der Waals surface area contributed by atoms with Gasteiger partial charge in [0.1, 0.15) is 5.69 Å². The topological polar surface area (TPSA) is 43.8 Å². The third-order valence-electron chi connectivity index (χ3n) is 1.72. The maximum atomic E-state index is 12.3. The first-order valence-corrected chi connectivity index (χ1v) is 3.68. The summed E-state index contributed by atoms with van der Waals surface area (Å²) >= 11 is 0. The average Bonchev–Trinajstić information content (AvgIpc) is 2.28. The molecule has 0 spiro atoms. The zero-order chi connectivity index (χ0) is 9.30. The Hall–Kier alpha value is -0.840. The zero-order valence-corrected chi connectivity index (χ0v) is 8.24. The summed E-state index contributed by atoms with van der Waals surface area (Å²) in [7, 11) is 0. The third kappa shape index (κ3) is 2.09. The number of rotatable bonds is 2. The number of nitrogens with zero attached hydrogens (tertiary/aromatic N) is 2. The number of anilines is 1. The first kappa shape index (κ1) is 12.2. The highest BCUT2D eigenvalue weighted by molar-refractivity contribution is 5.85. The lowest BCUT2D eigenvalue weighted by Crippen LogP contribution is -2.04. The highest BCUT2D eigenvalue weighted by Crippen LogP contribution is 2.26. The lowest BCUT2D eigenvalue weighted by atomic mass is 10.3. The van der Waals surface area contributed by atoms with Crippen LogP contribution in [0.25, 0.3) is 0 Å². The second-order valence-electron chi connectivity index (χ2n) is 2.50. The predicted octanol–water partition coefficient (Wildman–Crippen LogP) is 2.15. The van der Waals surface area contributed by atoms with Crippen LogP contribution in [0.5, 0.6) is 0 Å². The smallest absolute Gasteiger partial charge is 0.282 e. The van der Waals surface area contributed by atoms with E-state index in [0.717, 1.165) is 0 Å². The molecule has 1 aromatic heterocycles. The maximum Gasteiger partial charge on any atom is 0.282 e. The molecule has 0 bridgehead atoms. The van der Waals surface area contributed by atoms with Gasteiger partial charge in [-0.2, -0.15) is 5.10 Å². The van der Waals surface area contributed by atoms with Gasteiger partial charge in [-0.05, 0) is 13.8 Å². The van der Waals surface area contributed by atoms with Gasteiger partial charge in [-0.25, -0.2) is 8.78 Å². The van der Waals surface area contributed by atoms with Gasteiger partial charge in [-0.1, -0.05) is 0 Å². The average molecular weight is 212 g/mol. The van der Waals surface area contributed by atoms with E-state index in [0.29, 0.717) is 12.2 Å². The molecule has 0 aliphatic heterocycles. The molecule has 6 heteroatoms. The number of aromatic nitrogens is 2. The SMILES string of the molecule is CCn1nc(C)c(N)c1C(F)F.Cl. The molecule has 1 heterocycles. The van der Waals surface area contributed by atoms with Crippen molar-refractivity contribution >= 4 is 18.1 Å². The standard InChI is InChI=1S/C7H11F2N3.ClH/c1-3-12-6(7(8)9)5(10)4(2)11-12;/h7H,3,10H2,1-2H3;1H. The van der Waals surface area contributed by atoms with Gasteiger partial charge in [0, 0.05) is 6.54 Å². The van der Waals surface area contributed by atoms with Crippen LogP contribution in [0.3, 0.4) is 0 Å². The molecule has 0 fully saturated rings. The van der Waals surface area contributed by atoms with Crippen LogP contribution in [0, 0.1) is 6.92 Å². The summed E-state index contributed by atoms with van der Waals surface area (Å²) in [5.41, 5.74) is 5.81. The van der Waals surface area contributed by atoms with Gasteiger partial charge in [-0.15, -0.1) is 12.4 Å². The largest absolute Gasteiger partial charge is 0.396 e. The van der Waals surface area contributed by atoms with Crippen molar-refractivity contribution in [2.75, 3.05) is 5.73 Å². The van der Waals surface area contributed by atoms with Crippen LogP contribution in [0.2, 0.25) is 0 Å². The minimum Gasteiger partial charge on any atom is -0.396 e. The van der Waals surface area contributed by atoms with Gasteiger partial charge >= 0.3 is 0 Å². The first-order valence-electron chi connectivity index (χ1n) is 3.68. The van der Waals surface area contributed by atoms with Crippen LogP contribution in [0.15, 0.2) is 0 Å². The molecule has 0 aliphatic rings. The summed E-state index contributed by atoms with van der Waals surface area (Å²) in [6, 6.07) is 0. The van der Waals surface area contributed by atoms with E-state index < -0.39 is 6.43 Å². The second-order valence-corrected chi connectivity index (χ2v) is 2.50. The predicted molar refractivity (Wildman–Crippen MR) is 49.3 cm³/mol. The van der Waals surface area contributed by atoms with E-state index in [1.54, 1.807) is 13.8 Å². The number of nitrogens with two attached hydrogens (primary N) is 1. The number of nitrogen functional groups attached to an aromatic ring is 1. The Balaban J connectivity index is 0.00000144. The lowest BCUT2D eigenvalue weighted by Gasteiger charge is -2.02. The highest BCUT2D eigenvalue weighted by Gasteiger charge is 2.19. The maximum absolute atomic E-state index is 12.3. The summed E-state index contributed by atoms with van der Waals surface area (Å²) in [5.74, 6) is 0. The van der Waals surface area contributed by atoms with Crippen molar-refractivity contribution in [2.24, 2.45) is 0 Å². The van der Waals surface area contributed by atoms with Crippen molar-refractivity contribution in [1.82, 2.24) is 9.78 Å². The van der Waals surface area contributed by atoms with E-state index in [1.807, 2.05) is 0 Å². The molecule has 1 rings (SSSR count). The third-order valence-corrected chi connectivity index (χ3v) is 1.72. The van der Waals surface area contributed by atoms with E-state index in [-0.39, 0.29) is 23.8 Å². The van der Waals surface area contributed by atoms with Gasteiger partial charge in [0.15, 0.2) is 0 Å². The Morgan fingerprint density at radius 3 is 2.38 bits per heavy atom. The minimum absolute atomic E-state index is 0. The molecule has 13 heavy (non-hydrogen) atoms. The fourth-order valence-corrected chi connectivity index (χ4v) is 1.08. The van der Waals surface area contributed by atoms with Gasteiger partial charge in [-0.3, -0.25) is 4.68 Å². The molecule has 76 valence electrons. The number of halogens is 3. The lowest BCUT2D eigenvalue weighted by molar-refractivity contribution is 0.140. The number of hydrogen-bond acceptors (Lipinski definition) is 2. The molecule has 0 radical (unpaired) electrons. The molecule has 1 aromatic rings. The van der Waals surface area contributed by atoms with Crippen molar-refractivity contribution < 1.29 is 8.78 Å². The molecule has 3 nitrogen and oxygen atoms in total. The summed E-state index contributed by atoms with van der Waals surface area (Å²) in [6.45, 7) is 3.78. The van der Waals surface area contributed by atoms with Gasteiger partial charge in [0.25, 0.3) is 6.43 Å². The molecule has 0 saturated heterocycles. The van der Waals surface area contributed by atoms with E-state index in [2.05, 4.69) is 5.10 Å². The van der Waals surface area contributed by atoms with Crippen LogP contribution in [-0.2, 0) is 6.54 Å². The summed E-state index contributed by atoms with van der Waals surface area (Å²) < 4.78 is 25.9. The summed E-state index contributed by atoms with van der Waals surface area (Å²) in [6.07, 6.45) is -2.55. The van der Waals surface area contributed by atoms with Crippen molar-refractivity contribution in [1.29, 1.82) is 0 Å². The summed E-state index contributed by atoms with van der Waals surface area (Å²) in [5, 5.41) is 3.86. The normalized spacial score (nSPS) is 10.2. The molecule has 0 atom stereocenters. The second kappa shape index (κ2) is 4.41. The monoisotopic (exact) mass is 211 g/mol. The molecular formula is C7H12ClF2N3. The first-order chi connectivity index (χ1) is 5.57. The Kier molecular flexibility index (Phi) is 4.13. The zero-order valence-electron chi connectivity index (χ0n) is 7.42. The van der Waals surface area contributed by atoms with E-state index in [1.165, 1.54) is 4.68 Å². The fraction of sp³-hybridized carbons (Fsp3) is 0.571. The van der Waals surface area contributed by atoms with Gasteiger partial charge < -0.3 is 5.73 Å². The molecule has 2 N–H and O–H groups in total. The molecule has 0 aliphatic carbocycles. The number of hydrogen-bond donors (Lipinski definition) is 1. The number of aryl methyl sites for hydroxylation is 2. The quantitative estimate of drug-likeness (QED) is 0.815. The van der Waals surface area contributed by atoms with Crippen LogP contribution >= 0.6 is 12.4 Å². The van der Waals surface area contributed by atoms with Crippen LogP contribution < -0.4 is 5.73 Å². The molecule has 0 saturated carbocycles. The van der Waals surface area contributed by atoms with E-state index in [9.17, 15) is 8.78 Å². The van der Waals surface area contributed by atoms with Crippen LogP contribution in [0.4, 0.5) is 14.5 Å². The molecular weight excluding hydrogens is 200 g/mol. The fourth-order valence-electron chi connectivity index (χ4n) is 1.08. The van der Waals surface area contributed by atoms with Gasteiger partial charge in [0.05, 0.1) is 11.4 Å². The number of alkyl halides is 2. The van der Waals surface area contributed by atoms with Crippen molar-refractivity contribution in [2.45, 2.75) is 26.8 Å². The van der Waals surface area contributed by atoms with Crippen LogP contribution in [-0.4, -0.2) is 9.78 Å². The summed E-state index contributed by atoms with van der Waals surface area (Å²) in [4.78, 5) is 0. The molecule has 0 unspecified atom stereocenters. The highest BCUT2D eigenvalue weighted by atomic mass is 35.5. The van der Waals surface area contributed by atoms with Crippen molar-refractivity contribution in [3.8, 4) is 0 Å². The van der Waals surface area contributed by atoms with Crippen LogP contribution in [0.1, 0.15) is 24.7 Å². The van der Waals surface area contributed by atoms with Gasteiger partial charge in [0.2, 0.25) is 0 Å². The van der Waals surface area contributed by atoms with E-state index >= 15 is 0 Å². The molecule has 0 aromatic carbocycles. The van der Waals surface area contributed by atoms with Crippen molar-refractivity contribution in [3.63, 3.8) is 0 Å². The molecule has 0 amide bonds. The van der Waals surface area contributed by atoms with E-state index in [4.69, 9.17) is 5.73 Å². The Morgan fingerprint density at radius 2 is 2.08 bits per heavy atom. The Bertz CT molecular complexity index is 286. The van der Waals surface area contributed by atoms with Crippen molar-refractivity contribution in [3.05, 3.63) is 11.4 Å². The Morgan fingerprint density at radius 1 is 1.54 bits per heavy atom. The minimum atomic E-state index is -2.55. The Labute approximate surface area is 81.3 Å².